The Morgan fingerprint density at radius 2 is 1.43 bits per heavy atom. The lowest BCUT2D eigenvalue weighted by Crippen LogP contribution is -2.04. The Morgan fingerprint density at radius 1 is 0.833 bits per heavy atom. The van der Waals surface area contributed by atoms with Gasteiger partial charge in [-0.1, -0.05) is 42.5 Å². The largest absolute Gasteiger partial charge is 0.245 e. The summed E-state index contributed by atoms with van der Waals surface area (Å²) in [5, 5.41) is 4.46. The Kier molecular flexibility index (Phi) is 6.13. The highest BCUT2D eigenvalue weighted by Gasteiger charge is 2.09. The molecule has 0 bridgehead atoms. The van der Waals surface area contributed by atoms with E-state index in [1.807, 2.05) is 67.6 Å². The number of hydrazone groups is 1. The van der Waals surface area contributed by atoms with Gasteiger partial charge in [-0.2, -0.15) is 5.10 Å². The van der Waals surface area contributed by atoms with Gasteiger partial charge in [0.15, 0.2) is 0 Å². The van der Waals surface area contributed by atoms with Crippen LogP contribution >= 0.6 is 22.6 Å². The molecule has 1 heterocycles. The molecule has 4 nitrogen and oxygen atoms in total. The van der Waals surface area contributed by atoms with Gasteiger partial charge in [0, 0.05) is 14.7 Å². The number of nitrogens with zero attached hydrogens (tertiary/aromatic N) is 3. The monoisotopic (exact) mass is 508 g/mol. The van der Waals surface area contributed by atoms with Crippen LogP contribution in [-0.2, 0) is 0 Å². The topological polar surface area (TPSA) is 50.2 Å². The number of hydrogen-bond acceptors (Lipinski definition) is 4. The van der Waals surface area contributed by atoms with Crippen molar-refractivity contribution in [3.05, 3.63) is 99.9 Å². The minimum absolute atomic E-state index is 0.285. The summed E-state index contributed by atoms with van der Waals surface area (Å²) < 4.78 is 14.5. The summed E-state index contributed by atoms with van der Waals surface area (Å²) >= 11 is 2.27. The van der Waals surface area contributed by atoms with Crippen molar-refractivity contribution in [2.75, 3.05) is 5.43 Å². The predicted molar refractivity (Wildman–Crippen MR) is 128 cm³/mol. The SMILES string of the molecule is C/C(=N/Nc1nc(-c2ccccc2)cc(-c2ccc(F)cc2)n1)c1ccc(I)cc1. The fourth-order valence-corrected chi connectivity index (χ4v) is 3.27. The molecular formula is C24H18FIN4. The van der Waals surface area contributed by atoms with Crippen LogP contribution in [-0.4, -0.2) is 15.7 Å². The fourth-order valence-electron chi connectivity index (χ4n) is 2.91. The number of anilines is 1. The van der Waals surface area contributed by atoms with Crippen LogP contribution in [0.1, 0.15) is 12.5 Å². The van der Waals surface area contributed by atoms with Crippen molar-refractivity contribution in [1.82, 2.24) is 9.97 Å². The second-order valence-electron chi connectivity index (χ2n) is 6.65. The molecule has 4 rings (SSSR count). The van der Waals surface area contributed by atoms with E-state index < -0.39 is 0 Å². The van der Waals surface area contributed by atoms with Crippen LogP contribution in [0.5, 0.6) is 0 Å². The van der Waals surface area contributed by atoms with Crippen LogP contribution in [0.25, 0.3) is 22.5 Å². The first kappa shape index (κ1) is 20.2. The first-order chi connectivity index (χ1) is 14.6. The van der Waals surface area contributed by atoms with Gasteiger partial charge in [0.05, 0.1) is 17.1 Å². The maximum atomic E-state index is 13.4. The lowest BCUT2D eigenvalue weighted by Gasteiger charge is -2.09. The molecule has 0 aliphatic rings. The van der Waals surface area contributed by atoms with Gasteiger partial charge in [-0.25, -0.2) is 19.8 Å². The molecule has 3 aromatic carbocycles. The minimum Gasteiger partial charge on any atom is -0.245 e. The zero-order valence-electron chi connectivity index (χ0n) is 16.2. The van der Waals surface area contributed by atoms with Gasteiger partial charge in [-0.05, 0) is 77.5 Å². The van der Waals surface area contributed by atoms with Gasteiger partial charge in [-0.3, -0.25) is 0 Å². The Morgan fingerprint density at radius 3 is 2.07 bits per heavy atom. The Labute approximate surface area is 188 Å². The first-order valence-corrected chi connectivity index (χ1v) is 10.4. The number of rotatable bonds is 5. The van der Waals surface area contributed by atoms with E-state index in [1.54, 1.807) is 12.1 Å². The second-order valence-corrected chi connectivity index (χ2v) is 7.90. The normalized spacial score (nSPS) is 11.4. The van der Waals surface area contributed by atoms with Crippen LogP contribution in [0, 0.1) is 9.39 Å². The molecule has 30 heavy (non-hydrogen) atoms. The third-order valence-electron chi connectivity index (χ3n) is 4.52. The van der Waals surface area contributed by atoms with Gasteiger partial charge in [0.1, 0.15) is 5.82 Å². The molecule has 0 aliphatic carbocycles. The number of benzene rings is 3. The highest BCUT2D eigenvalue weighted by atomic mass is 127. The van der Waals surface area contributed by atoms with Crippen molar-refractivity contribution in [3.63, 3.8) is 0 Å². The summed E-state index contributed by atoms with van der Waals surface area (Å²) in [6.45, 7) is 1.93. The summed E-state index contributed by atoms with van der Waals surface area (Å²) in [7, 11) is 0. The summed E-state index contributed by atoms with van der Waals surface area (Å²) in [6.07, 6.45) is 0. The van der Waals surface area contributed by atoms with Crippen LogP contribution in [0.4, 0.5) is 10.3 Å². The molecule has 0 aliphatic heterocycles. The average Bonchev–Trinajstić information content (AvgIpc) is 2.79. The van der Waals surface area contributed by atoms with Gasteiger partial charge in [0.25, 0.3) is 0 Å². The maximum absolute atomic E-state index is 13.4. The zero-order chi connectivity index (χ0) is 20.9. The van der Waals surface area contributed by atoms with Gasteiger partial charge >= 0.3 is 0 Å². The lowest BCUT2D eigenvalue weighted by atomic mass is 10.1. The van der Waals surface area contributed by atoms with Gasteiger partial charge in [-0.15, -0.1) is 0 Å². The van der Waals surface area contributed by atoms with E-state index in [9.17, 15) is 4.39 Å². The van der Waals surface area contributed by atoms with E-state index in [1.165, 1.54) is 15.7 Å². The molecule has 1 aromatic heterocycles. The number of hydrogen-bond donors (Lipinski definition) is 1. The summed E-state index contributed by atoms with van der Waals surface area (Å²) in [6, 6.07) is 26.1. The van der Waals surface area contributed by atoms with Crippen molar-refractivity contribution in [2.24, 2.45) is 5.10 Å². The fraction of sp³-hybridized carbons (Fsp3) is 0.0417. The van der Waals surface area contributed by atoms with Crippen molar-refractivity contribution < 1.29 is 4.39 Å². The smallest absolute Gasteiger partial charge is 0.244 e. The third-order valence-corrected chi connectivity index (χ3v) is 5.24. The number of halogens is 2. The number of aromatic nitrogens is 2. The maximum Gasteiger partial charge on any atom is 0.244 e. The highest BCUT2D eigenvalue weighted by Crippen LogP contribution is 2.25. The Balaban J connectivity index is 1.71. The van der Waals surface area contributed by atoms with Crippen LogP contribution in [0.3, 0.4) is 0 Å². The van der Waals surface area contributed by atoms with Gasteiger partial charge < -0.3 is 0 Å². The van der Waals surface area contributed by atoms with E-state index in [4.69, 9.17) is 0 Å². The van der Waals surface area contributed by atoms with E-state index in [-0.39, 0.29) is 5.82 Å². The molecule has 0 spiro atoms. The van der Waals surface area contributed by atoms with Crippen LogP contribution in [0.15, 0.2) is 90.0 Å². The van der Waals surface area contributed by atoms with Crippen molar-refractivity contribution >= 4 is 34.3 Å². The highest BCUT2D eigenvalue weighted by molar-refractivity contribution is 14.1. The first-order valence-electron chi connectivity index (χ1n) is 9.35. The Bertz CT molecular complexity index is 1170. The van der Waals surface area contributed by atoms with Crippen molar-refractivity contribution in [1.29, 1.82) is 0 Å². The molecule has 0 unspecified atom stereocenters. The van der Waals surface area contributed by atoms with E-state index in [0.29, 0.717) is 11.6 Å². The van der Waals surface area contributed by atoms with E-state index in [0.717, 1.165) is 28.1 Å². The molecule has 0 atom stereocenters. The average molecular weight is 508 g/mol. The van der Waals surface area contributed by atoms with E-state index >= 15 is 0 Å². The summed E-state index contributed by atoms with van der Waals surface area (Å²) in [5.41, 5.74) is 8.03. The molecule has 0 fully saturated rings. The second kappa shape index (κ2) is 9.13. The molecular weight excluding hydrogens is 490 g/mol. The van der Waals surface area contributed by atoms with Crippen LogP contribution in [0.2, 0.25) is 0 Å². The summed E-state index contributed by atoms with van der Waals surface area (Å²) in [4.78, 5) is 9.21. The number of nitrogens with one attached hydrogen (secondary N) is 1. The molecule has 0 radical (unpaired) electrons. The van der Waals surface area contributed by atoms with Crippen LogP contribution < -0.4 is 5.43 Å². The van der Waals surface area contributed by atoms with E-state index in [2.05, 4.69) is 43.1 Å². The van der Waals surface area contributed by atoms with Crippen molar-refractivity contribution in [3.8, 4) is 22.5 Å². The third kappa shape index (κ3) is 4.88. The zero-order valence-corrected chi connectivity index (χ0v) is 18.3. The quantitative estimate of drug-likeness (QED) is 0.193. The minimum atomic E-state index is -0.285. The molecule has 1 N–H and O–H groups in total. The predicted octanol–water partition coefficient (Wildman–Crippen LogP) is 6.39. The van der Waals surface area contributed by atoms with Gasteiger partial charge in [0.2, 0.25) is 5.95 Å². The molecule has 4 aromatic rings. The molecule has 0 amide bonds. The molecule has 0 saturated heterocycles. The molecule has 148 valence electrons. The lowest BCUT2D eigenvalue weighted by molar-refractivity contribution is 0.628. The summed E-state index contributed by atoms with van der Waals surface area (Å²) in [5.74, 6) is 0.0905. The molecule has 6 heteroatoms. The Hall–Kier alpha value is -3.13. The van der Waals surface area contributed by atoms with Crippen molar-refractivity contribution in [2.45, 2.75) is 6.92 Å². The standard InChI is InChI=1S/C24H18FIN4/c1-16(17-9-13-21(26)14-10-17)29-30-24-27-22(18-5-3-2-4-6-18)15-23(28-24)19-7-11-20(25)12-8-19/h2-15H,1H3,(H,27,28,30)/b29-16-. The molecule has 0 saturated carbocycles.